The summed E-state index contributed by atoms with van der Waals surface area (Å²) in [6, 6.07) is 4.87. The van der Waals surface area contributed by atoms with E-state index in [0.717, 1.165) is 12.2 Å². The van der Waals surface area contributed by atoms with Gasteiger partial charge in [-0.25, -0.2) is 0 Å². The van der Waals surface area contributed by atoms with Crippen LogP contribution in [0.4, 0.5) is 17.1 Å². The molecule has 0 amide bonds. The summed E-state index contributed by atoms with van der Waals surface area (Å²) >= 11 is 0. The summed E-state index contributed by atoms with van der Waals surface area (Å²) in [6.45, 7) is 3.83. The van der Waals surface area contributed by atoms with Crippen LogP contribution in [0, 0.1) is 10.1 Å². The molecule has 0 fully saturated rings. The minimum absolute atomic E-state index is 0.0726. The third-order valence-electron chi connectivity index (χ3n) is 2.14. The lowest BCUT2D eigenvalue weighted by Gasteiger charge is -2.09. The van der Waals surface area contributed by atoms with Crippen LogP contribution in [0.3, 0.4) is 0 Å². The Bertz CT molecular complexity index is 382. The van der Waals surface area contributed by atoms with Gasteiger partial charge in [-0.1, -0.05) is 0 Å². The molecule has 0 atom stereocenters. The van der Waals surface area contributed by atoms with Gasteiger partial charge in [-0.2, -0.15) is 0 Å². The Morgan fingerprint density at radius 2 is 1.94 bits per heavy atom. The largest absolute Gasteiger partial charge is 0.385 e. The van der Waals surface area contributed by atoms with E-state index in [1.54, 1.807) is 7.11 Å². The Kier molecular flexibility index (Phi) is 5.22. The lowest BCUT2D eigenvalue weighted by molar-refractivity contribution is -0.384. The Hall–Kier alpha value is -1.82. The Morgan fingerprint density at radius 3 is 2.47 bits per heavy atom. The highest BCUT2D eigenvalue weighted by molar-refractivity contribution is 5.63. The highest BCUT2D eigenvalue weighted by atomic mass is 16.6. The Balaban J connectivity index is 2.83. The van der Waals surface area contributed by atoms with E-state index in [0.29, 0.717) is 18.8 Å². The maximum atomic E-state index is 10.8. The van der Waals surface area contributed by atoms with E-state index in [-0.39, 0.29) is 5.69 Å². The molecular weight excluding hydrogens is 222 g/mol. The zero-order valence-corrected chi connectivity index (χ0v) is 10.0. The van der Waals surface area contributed by atoms with Gasteiger partial charge in [0.1, 0.15) is 0 Å². The number of nitrogens with one attached hydrogen (secondary N) is 2. The van der Waals surface area contributed by atoms with Gasteiger partial charge in [0.2, 0.25) is 0 Å². The summed E-state index contributed by atoms with van der Waals surface area (Å²) in [5.74, 6) is 0. The molecule has 0 spiro atoms. The number of benzene rings is 1. The summed E-state index contributed by atoms with van der Waals surface area (Å²) in [5.41, 5.74) is 1.53. The molecule has 6 nitrogen and oxygen atoms in total. The van der Waals surface area contributed by atoms with Gasteiger partial charge >= 0.3 is 0 Å². The highest BCUT2D eigenvalue weighted by Crippen LogP contribution is 2.24. The standard InChI is InChI=1S/C11H17N3O3/c1-3-12-9-6-10(13-4-5-17-2)8-11(7-9)14(15)16/h6-8,12-13H,3-5H2,1-2H3. The minimum atomic E-state index is -0.400. The summed E-state index contributed by atoms with van der Waals surface area (Å²) in [5, 5.41) is 16.9. The topological polar surface area (TPSA) is 76.4 Å². The SMILES string of the molecule is CCNc1cc(NCCOC)cc([N+](=O)[O-])c1. The van der Waals surface area contributed by atoms with Crippen molar-refractivity contribution in [2.75, 3.05) is 37.4 Å². The fourth-order valence-electron chi connectivity index (χ4n) is 1.42. The molecule has 1 aromatic rings. The van der Waals surface area contributed by atoms with Crippen molar-refractivity contribution in [3.63, 3.8) is 0 Å². The highest BCUT2D eigenvalue weighted by Gasteiger charge is 2.09. The van der Waals surface area contributed by atoms with Gasteiger partial charge in [-0.15, -0.1) is 0 Å². The minimum Gasteiger partial charge on any atom is -0.385 e. The van der Waals surface area contributed by atoms with Gasteiger partial charge in [0.05, 0.1) is 11.5 Å². The first kappa shape index (κ1) is 13.2. The zero-order chi connectivity index (χ0) is 12.7. The first-order valence-electron chi connectivity index (χ1n) is 5.43. The van der Waals surface area contributed by atoms with Crippen molar-refractivity contribution in [2.24, 2.45) is 0 Å². The number of nitro groups is 1. The summed E-state index contributed by atoms with van der Waals surface area (Å²) in [6.07, 6.45) is 0. The molecule has 0 heterocycles. The van der Waals surface area contributed by atoms with E-state index in [9.17, 15) is 10.1 Å². The zero-order valence-electron chi connectivity index (χ0n) is 10.0. The second-order valence-electron chi connectivity index (χ2n) is 3.48. The number of methoxy groups -OCH3 is 1. The smallest absolute Gasteiger partial charge is 0.273 e. The van der Waals surface area contributed by atoms with Crippen molar-refractivity contribution in [2.45, 2.75) is 6.92 Å². The average molecular weight is 239 g/mol. The molecule has 1 aromatic carbocycles. The molecule has 0 radical (unpaired) electrons. The summed E-state index contributed by atoms with van der Waals surface area (Å²) in [4.78, 5) is 10.4. The molecule has 2 N–H and O–H groups in total. The lowest BCUT2D eigenvalue weighted by Crippen LogP contribution is -2.08. The van der Waals surface area contributed by atoms with Gasteiger partial charge in [0.25, 0.3) is 5.69 Å². The molecule has 0 aliphatic heterocycles. The van der Waals surface area contributed by atoms with Crippen LogP contribution in [0.15, 0.2) is 18.2 Å². The van der Waals surface area contributed by atoms with Gasteiger partial charge < -0.3 is 15.4 Å². The Morgan fingerprint density at radius 1 is 1.29 bits per heavy atom. The predicted molar refractivity (Wildman–Crippen MR) is 67.6 cm³/mol. The molecular formula is C11H17N3O3. The van der Waals surface area contributed by atoms with Crippen LogP contribution in [-0.2, 0) is 4.74 Å². The number of hydrogen-bond donors (Lipinski definition) is 2. The molecule has 1 rings (SSSR count). The van der Waals surface area contributed by atoms with Gasteiger partial charge in [-0.3, -0.25) is 10.1 Å². The van der Waals surface area contributed by atoms with E-state index in [1.807, 2.05) is 13.0 Å². The molecule has 0 unspecified atom stereocenters. The molecule has 0 saturated carbocycles. The molecule has 0 aliphatic carbocycles. The van der Waals surface area contributed by atoms with Crippen molar-refractivity contribution in [3.05, 3.63) is 28.3 Å². The molecule has 0 aliphatic rings. The normalized spacial score (nSPS) is 10.0. The third-order valence-corrected chi connectivity index (χ3v) is 2.14. The number of anilines is 2. The number of non-ortho nitro benzene ring substituents is 1. The molecule has 94 valence electrons. The molecule has 6 heteroatoms. The second-order valence-corrected chi connectivity index (χ2v) is 3.48. The number of hydrogen-bond acceptors (Lipinski definition) is 5. The summed E-state index contributed by atoms with van der Waals surface area (Å²) in [7, 11) is 1.61. The predicted octanol–water partition coefficient (Wildman–Crippen LogP) is 2.08. The van der Waals surface area contributed by atoms with Gasteiger partial charge in [0, 0.05) is 43.7 Å². The van der Waals surface area contributed by atoms with Crippen molar-refractivity contribution < 1.29 is 9.66 Å². The maximum Gasteiger partial charge on any atom is 0.273 e. The molecule has 0 saturated heterocycles. The third kappa shape index (κ3) is 4.28. The monoisotopic (exact) mass is 239 g/mol. The average Bonchev–Trinajstić information content (AvgIpc) is 2.29. The molecule has 0 aromatic heterocycles. The van der Waals surface area contributed by atoms with E-state index in [4.69, 9.17) is 4.74 Å². The second kappa shape index (κ2) is 6.70. The summed E-state index contributed by atoms with van der Waals surface area (Å²) < 4.78 is 4.91. The first-order chi connectivity index (χ1) is 8.17. The van der Waals surface area contributed by atoms with Crippen LogP contribution in [0.2, 0.25) is 0 Å². The van der Waals surface area contributed by atoms with Gasteiger partial charge in [0.15, 0.2) is 0 Å². The van der Waals surface area contributed by atoms with Crippen molar-refractivity contribution in [1.29, 1.82) is 0 Å². The molecule has 17 heavy (non-hydrogen) atoms. The van der Waals surface area contributed by atoms with Crippen LogP contribution in [-0.4, -0.2) is 31.7 Å². The lowest BCUT2D eigenvalue weighted by atomic mass is 10.2. The van der Waals surface area contributed by atoms with Crippen molar-refractivity contribution >= 4 is 17.1 Å². The number of nitrogens with zero attached hydrogens (tertiary/aromatic N) is 1. The van der Waals surface area contributed by atoms with Gasteiger partial charge in [-0.05, 0) is 13.0 Å². The van der Waals surface area contributed by atoms with Crippen LogP contribution in [0.1, 0.15) is 6.92 Å². The maximum absolute atomic E-state index is 10.8. The fourth-order valence-corrected chi connectivity index (χ4v) is 1.42. The van der Waals surface area contributed by atoms with Crippen LogP contribution >= 0.6 is 0 Å². The van der Waals surface area contributed by atoms with E-state index in [2.05, 4.69) is 10.6 Å². The van der Waals surface area contributed by atoms with Crippen molar-refractivity contribution in [3.8, 4) is 0 Å². The number of nitro benzene ring substituents is 1. The van der Waals surface area contributed by atoms with Crippen LogP contribution in [0.25, 0.3) is 0 Å². The first-order valence-corrected chi connectivity index (χ1v) is 5.43. The van der Waals surface area contributed by atoms with Crippen LogP contribution in [0.5, 0.6) is 0 Å². The van der Waals surface area contributed by atoms with E-state index >= 15 is 0 Å². The van der Waals surface area contributed by atoms with E-state index < -0.39 is 4.92 Å². The number of ether oxygens (including phenoxy) is 1. The van der Waals surface area contributed by atoms with Crippen LogP contribution < -0.4 is 10.6 Å². The van der Waals surface area contributed by atoms with Crippen molar-refractivity contribution in [1.82, 2.24) is 0 Å². The quantitative estimate of drug-likeness (QED) is 0.433. The number of rotatable bonds is 7. The fraction of sp³-hybridized carbons (Fsp3) is 0.455. The molecule has 0 bridgehead atoms. The van der Waals surface area contributed by atoms with E-state index in [1.165, 1.54) is 12.1 Å². The Labute approximate surface area is 100 Å².